The predicted molar refractivity (Wildman–Crippen MR) is 95.9 cm³/mol. The number of benzene rings is 2. The van der Waals surface area contributed by atoms with Gasteiger partial charge in [-0.05, 0) is 12.1 Å². The number of rotatable bonds is 5. The fourth-order valence-corrected chi connectivity index (χ4v) is 2.26. The van der Waals surface area contributed by atoms with Gasteiger partial charge in [0.2, 0.25) is 0 Å². The first-order chi connectivity index (χ1) is 13.0. The summed E-state index contributed by atoms with van der Waals surface area (Å²) in [6.45, 7) is 0. The van der Waals surface area contributed by atoms with Crippen molar-refractivity contribution in [1.29, 1.82) is 0 Å². The molecule has 0 aliphatic rings. The quantitative estimate of drug-likeness (QED) is 0.399. The number of phenols is 1. The van der Waals surface area contributed by atoms with Crippen LogP contribution in [0.15, 0.2) is 47.7 Å². The van der Waals surface area contributed by atoms with Gasteiger partial charge in [-0.25, -0.2) is 10.4 Å². The number of hydrogen-bond acceptors (Lipinski definition) is 8. The van der Waals surface area contributed by atoms with Crippen LogP contribution in [0.1, 0.15) is 16.1 Å². The molecule has 0 saturated carbocycles. The van der Waals surface area contributed by atoms with E-state index >= 15 is 0 Å². The average molecular weight is 367 g/mol. The first kappa shape index (κ1) is 17.7. The number of aromatic hydroxyl groups is 1. The van der Waals surface area contributed by atoms with E-state index in [1.165, 1.54) is 13.3 Å². The highest BCUT2D eigenvalue weighted by molar-refractivity contribution is 5.95. The van der Waals surface area contributed by atoms with E-state index in [9.17, 15) is 20.0 Å². The summed E-state index contributed by atoms with van der Waals surface area (Å²) < 4.78 is 4.89. The van der Waals surface area contributed by atoms with Crippen LogP contribution in [0.5, 0.6) is 11.5 Å². The monoisotopic (exact) mass is 367 g/mol. The van der Waals surface area contributed by atoms with Crippen molar-refractivity contribution >= 4 is 28.8 Å². The topological polar surface area (TPSA) is 140 Å². The Morgan fingerprint density at radius 1 is 1.33 bits per heavy atom. The van der Waals surface area contributed by atoms with E-state index in [4.69, 9.17) is 4.74 Å². The molecule has 1 aromatic heterocycles. The lowest BCUT2D eigenvalue weighted by Crippen LogP contribution is -2.19. The molecule has 2 N–H and O–H groups in total. The number of nitro benzene ring substituents is 1. The summed E-state index contributed by atoms with van der Waals surface area (Å²) in [5, 5.41) is 24.7. The first-order valence-corrected chi connectivity index (χ1v) is 7.60. The zero-order valence-electron chi connectivity index (χ0n) is 14.0. The number of ether oxygens (including phenoxy) is 1. The van der Waals surface area contributed by atoms with Crippen molar-refractivity contribution in [1.82, 2.24) is 15.4 Å². The number of carbonyl (C=O) groups is 1. The van der Waals surface area contributed by atoms with E-state index in [1.807, 2.05) is 0 Å². The predicted octanol–water partition coefficient (Wildman–Crippen LogP) is 2.02. The highest BCUT2D eigenvalue weighted by Gasteiger charge is 2.16. The van der Waals surface area contributed by atoms with Gasteiger partial charge in [0.15, 0.2) is 11.5 Å². The molecule has 27 heavy (non-hydrogen) atoms. The number of nitrogens with one attached hydrogen (secondary N) is 1. The van der Waals surface area contributed by atoms with Crippen molar-refractivity contribution in [3.8, 4) is 11.5 Å². The molecule has 136 valence electrons. The molecule has 0 radical (unpaired) electrons. The van der Waals surface area contributed by atoms with E-state index < -0.39 is 10.8 Å². The van der Waals surface area contributed by atoms with Crippen LogP contribution in [0, 0.1) is 10.1 Å². The van der Waals surface area contributed by atoms with Crippen molar-refractivity contribution in [2.45, 2.75) is 0 Å². The molecule has 1 amide bonds. The molecular weight excluding hydrogens is 354 g/mol. The number of aromatic nitrogens is 2. The van der Waals surface area contributed by atoms with E-state index in [2.05, 4.69) is 20.5 Å². The summed E-state index contributed by atoms with van der Waals surface area (Å²) in [7, 11) is 1.26. The second kappa shape index (κ2) is 7.44. The maximum absolute atomic E-state index is 12.1. The summed E-state index contributed by atoms with van der Waals surface area (Å²) in [4.78, 5) is 30.8. The normalized spacial score (nSPS) is 10.9. The lowest BCUT2D eigenvalue weighted by molar-refractivity contribution is -0.385. The molecule has 10 nitrogen and oxygen atoms in total. The first-order valence-electron chi connectivity index (χ1n) is 7.60. The summed E-state index contributed by atoms with van der Waals surface area (Å²) in [5.41, 5.74) is 3.19. The average Bonchev–Trinajstić information content (AvgIpc) is 2.68. The van der Waals surface area contributed by atoms with Crippen LogP contribution in [0.2, 0.25) is 0 Å². The second-order valence-electron chi connectivity index (χ2n) is 5.29. The minimum absolute atomic E-state index is 0.00551. The van der Waals surface area contributed by atoms with Crippen LogP contribution >= 0.6 is 0 Å². The number of non-ortho nitro benzene ring substituents is 1. The Hall–Kier alpha value is -4.08. The molecule has 0 aliphatic heterocycles. The molecule has 0 saturated heterocycles. The van der Waals surface area contributed by atoms with Gasteiger partial charge in [-0.1, -0.05) is 12.1 Å². The van der Waals surface area contributed by atoms with E-state index in [0.717, 1.165) is 18.3 Å². The van der Waals surface area contributed by atoms with E-state index in [0.29, 0.717) is 11.0 Å². The van der Waals surface area contributed by atoms with E-state index in [1.54, 1.807) is 24.3 Å². The number of amides is 1. The fourth-order valence-electron chi connectivity index (χ4n) is 2.26. The van der Waals surface area contributed by atoms with Gasteiger partial charge in [-0.2, -0.15) is 5.10 Å². The van der Waals surface area contributed by atoms with Gasteiger partial charge < -0.3 is 9.84 Å². The third-order valence-electron chi connectivity index (χ3n) is 3.57. The number of carbonyl (C=O) groups excluding carboxylic acids is 1. The Morgan fingerprint density at radius 2 is 2.07 bits per heavy atom. The number of fused-ring (bicyclic) bond motifs is 1. The van der Waals surface area contributed by atoms with Gasteiger partial charge in [-0.3, -0.25) is 19.9 Å². The number of para-hydroxylation sites is 2. The molecule has 0 bridgehead atoms. The Bertz CT molecular complexity index is 1070. The number of phenolic OH excluding ortho intramolecular Hbond substituents is 1. The third kappa shape index (κ3) is 3.79. The lowest BCUT2D eigenvalue weighted by Gasteiger charge is -2.06. The van der Waals surface area contributed by atoms with Crippen molar-refractivity contribution in [2.24, 2.45) is 5.10 Å². The van der Waals surface area contributed by atoms with Crippen molar-refractivity contribution < 1.29 is 19.6 Å². The smallest absolute Gasteiger partial charge is 0.291 e. The van der Waals surface area contributed by atoms with Crippen molar-refractivity contribution in [3.05, 3.63) is 64.0 Å². The SMILES string of the molecule is COc1cc([N+](=O)[O-])cc(/C=N\NC(=O)c2cnc3ccccc3n2)c1O. The van der Waals surface area contributed by atoms with E-state index in [-0.39, 0.29) is 28.4 Å². The maximum Gasteiger partial charge on any atom is 0.291 e. The molecule has 0 unspecified atom stereocenters. The molecule has 0 spiro atoms. The largest absolute Gasteiger partial charge is 0.504 e. The van der Waals surface area contributed by atoms with Gasteiger partial charge in [0.05, 0.1) is 41.5 Å². The van der Waals surface area contributed by atoms with Crippen molar-refractivity contribution in [3.63, 3.8) is 0 Å². The van der Waals surface area contributed by atoms with Crippen LogP contribution in [0.3, 0.4) is 0 Å². The second-order valence-corrected chi connectivity index (χ2v) is 5.29. The minimum Gasteiger partial charge on any atom is -0.504 e. The minimum atomic E-state index is -0.636. The third-order valence-corrected chi connectivity index (χ3v) is 3.57. The van der Waals surface area contributed by atoms with Gasteiger partial charge in [0, 0.05) is 11.6 Å². The molecule has 3 aromatic rings. The van der Waals surface area contributed by atoms with Gasteiger partial charge in [0.25, 0.3) is 11.6 Å². The van der Waals surface area contributed by atoms with Gasteiger partial charge >= 0.3 is 0 Å². The summed E-state index contributed by atoms with van der Waals surface area (Å²) in [6, 6.07) is 9.24. The molecule has 3 rings (SSSR count). The lowest BCUT2D eigenvalue weighted by atomic mass is 10.2. The van der Waals surface area contributed by atoms with Crippen LogP contribution < -0.4 is 10.2 Å². The fraction of sp³-hybridized carbons (Fsp3) is 0.0588. The Labute approximate surface area is 152 Å². The van der Waals surface area contributed by atoms with Crippen molar-refractivity contribution in [2.75, 3.05) is 7.11 Å². The van der Waals surface area contributed by atoms with Crippen LogP contribution in [0.4, 0.5) is 5.69 Å². The summed E-state index contributed by atoms with van der Waals surface area (Å²) >= 11 is 0. The Balaban J connectivity index is 1.81. The zero-order chi connectivity index (χ0) is 19.4. The molecule has 0 atom stereocenters. The molecular formula is C17H13N5O5. The van der Waals surface area contributed by atoms with Crippen LogP contribution in [-0.2, 0) is 0 Å². The maximum atomic E-state index is 12.1. The molecule has 0 fully saturated rings. The van der Waals surface area contributed by atoms with Gasteiger partial charge in [0.1, 0.15) is 5.69 Å². The Kier molecular flexibility index (Phi) is 4.88. The number of hydrazone groups is 1. The van der Waals surface area contributed by atoms with Crippen LogP contribution in [-0.4, -0.2) is 39.2 Å². The van der Waals surface area contributed by atoms with Crippen LogP contribution in [0.25, 0.3) is 11.0 Å². The molecule has 2 aromatic carbocycles. The Morgan fingerprint density at radius 3 is 2.78 bits per heavy atom. The zero-order valence-corrected chi connectivity index (χ0v) is 14.0. The standard InChI is InChI=1S/C17H13N5O5/c1-27-15-7-11(22(25)26)6-10(16(15)23)8-19-21-17(24)14-9-18-12-4-2-3-5-13(12)20-14/h2-9,23H,1H3,(H,21,24)/b19-8-. The molecule has 10 heteroatoms. The highest BCUT2D eigenvalue weighted by atomic mass is 16.6. The number of nitro groups is 1. The molecule has 0 aliphatic carbocycles. The summed E-state index contributed by atoms with van der Waals surface area (Å²) in [6.07, 6.45) is 2.37. The number of nitrogens with zero attached hydrogens (tertiary/aromatic N) is 4. The highest BCUT2D eigenvalue weighted by Crippen LogP contribution is 2.33. The van der Waals surface area contributed by atoms with Gasteiger partial charge in [-0.15, -0.1) is 0 Å². The molecule has 1 heterocycles. The number of hydrogen-bond donors (Lipinski definition) is 2. The summed E-state index contributed by atoms with van der Waals surface area (Å²) in [5.74, 6) is -1.05. The number of methoxy groups -OCH3 is 1.